The number of rotatable bonds is 6. The van der Waals surface area contributed by atoms with Crippen molar-refractivity contribution >= 4 is 45.8 Å². The molecule has 2 aromatic heterocycles. The maximum Gasteiger partial charge on any atom is 0.265 e. The van der Waals surface area contributed by atoms with Crippen LogP contribution >= 0.6 is 11.6 Å². The summed E-state index contributed by atoms with van der Waals surface area (Å²) in [6, 6.07) is 15.6. The van der Waals surface area contributed by atoms with E-state index in [9.17, 15) is 0 Å². The minimum Gasteiger partial charge on any atom is -0.324 e. The van der Waals surface area contributed by atoms with Crippen molar-refractivity contribution in [3.63, 3.8) is 0 Å². The summed E-state index contributed by atoms with van der Waals surface area (Å²) in [5.74, 6) is 0.362. The Morgan fingerprint density at radius 2 is 2.04 bits per heavy atom. The Morgan fingerprint density at radius 1 is 1.15 bits per heavy atom. The van der Waals surface area contributed by atoms with Crippen LogP contribution in [0.25, 0.3) is 22.1 Å². The van der Waals surface area contributed by atoms with E-state index in [1.54, 1.807) is 6.21 Å². The smallest absolute Gasteiger partial charge is 0.265 e. The van der Waals surface area contributed by atoms with Gasteiger partial charge in [0.1, 0.15) is 5.52 Å². The zero-order valence-corrected chi connectivity index (χ0v) is 15.7. The second kappa shape index (κ2) is 7.72. The first kappa shape index (κ1) is 17.4. The Hall–Kier alpha value is -2.99. The standard InChI is InChI=1S/C20H19ClN6/c1-2-3-11-27-17-10-5-4-9-16(17)18-19(27)23-20(26-24-18)25-22-13-14-7-6-8-15(21)12-14/h4-10,12-13H,2-3,11H2,1H3,(H,23,25,26)/b22-13+. The average molecular weight is 379 g/mol. The third-order valence-corrected chi connectivity index (χ3v) is 4.57. The molecule has 0 spiro atoms. The fourth-order valence-electron chi connectivity index (χ4n) is 3.04. The Bertz CT molecular complexity index is 1120. The zero-order chi connectivity index (χ0) is 18.6. The largest absolute Gasteiger partial charge is 0.324 e. The molecule has 136 valence electrons. The number of hydrogen-bond acceptors (Lipinski definition) is 5. The molecule has 27 heavy (non-hydrogen) atoms. The number of benzene rings is 2. The highest BCUT2D eigenvalue weighted by molar-refractivity contribution is 6.30. The quantitative estimate of drug-likeness (QED) is 0.383. The van der Waals surface area contributed by atoms with Gasteiger partial charge in [0.2, 0.25) is 0 Å². The Labute approximate surface area is 161 Å². The summed E-state index contributed by atoms with van der Waals surface area (Å²) in [5, 5.41) is 14.5. The Balaban J connectivity index is 1.67. The highest BCUT2D eigenvalue weighted by Gasteiger charge is 2.13. The molecule has 2 heterocycles. The second-order valence-corrected chi connectivity index (χ2v) is 6.69. The Morgan fingerprint density at radius 3 is 2.89 bits per heavy atom. The van der Waals surface area contributed by atoms with Crippen LogP contribution in [0.15, 0.2) is 53.6 Å². The molecule has 0 fully saturated rings. The summed E-state index contributed by atoms with van der Waals surface area (Å²) in [6.45, 7) is 3.07. The zero-order valence-electron chi connectivity index (χ0n) is 14.9. The number of aryl methyl sites for hydroxylation is 1. The van der Waals surface area contributed by atoms with Gasteiger partial charge in [-0.3, -0.25) is 0 Å². The molecule has 0 aliphatic carbocycles. The van der Waals surface area contributed by atoms with Crippen LogP contribution < -0.4 is 5.43 Å². The summed E-state index contributed by atoms with van der Waals surface area (Å²) in [4.78, 5) is 4.65. The van der Waals surface area contributed by atoms with Gasteiger partial charge < -0.3 is 4.57 Å². The van der Waals surface area contributed by atoms with Crippen molar-refractivity contribution in [2.24, 2.45) is 5.10 Å². The van der Waals surface area contributed by atoms with E-state index in [1.165, 1.54) is 0 Å². The minimum atomic E-state index is 0.362. The summed E-state index contributed by atoms with van der Waals surface area (Å²) < 4.78 is 2.20. The lowest BCUT2D eigenvalue weighted by molar-refractivity contribution is 0.660. The summed E-state index contributed by atoms with van der Waals surface area (Å²) in [5.41, 5.74) is 6.51. The molecule has 6 nitrogen and oxygen atoms in total. The lowest BCUT2D eigenvalue weighted by atomic mass is 10.2. The normalized spacial score (nSPS) is 11.6. The maximum absolute atomic E-state index is 5.98. The third kappa shape index (κ3) is 3.61. The number of hydrazone groups is 1. The van der Waals surface area contributed by atoms with Crippen LogP contribution in [0.4, 0.5) is 5.95 Å². The van der Waals surface area contributed by atoms with Gasteiger partial charge in [-0.2, -0.15) is 10.1 Å². The van der Waals surface area contributed by atoms with Crippen LogP contribution in [0.1, 0.15) is 25.3 Å². The first-order chi connectivity index (χ1) is 13.3. The van der Waals surface area contributed by atoms with Crippen LogP contribution in [0.2, 0.25) is 5.02 Å². The molecular formula is C20H19ClN6. The maximum atomic E-state index is 5.98. The van der Waals surface area contributed by atoms with Crippen molar-refractivity contribution in [2.45, 2.75) is 26.3 Å². The molecule has 0 radical (unpaired) electrons. The number of unbranched alkanes of at least 4 members (excludes halogenated alkanes) is 1. The Kier molecular flexibility index (Phi) is 4.98. The second-order valence-electron chi connectivity index (χ2n) is 6.25. The van der Waals surface area contributed by atoms with Crippen molar-refractivity contribution in [1.29, 1.82) is 0 Å². The highest BCUT2D eigenvalue weighted by Crippen LogP contribution is 2.26. The van der Waals surface area contributed by atoms with Crippen LogP contribution in [-0.2, 0) is 6.54 Å². The van der Waals surface area contributed by atoms with Crippen LogP contribution in [0, 0.1) is 0 Å². The first-order valence-electron chi connectivity index (χ1n) is 8.92. The predicted octanol–water partition coefficient (Wildman–Crippen LogP) is 4.88. The summed E-state index contributed by atoms with van der Waals surface area (Å²) >= 11 is 5.98. The lowest BCUT2D eigenvalue weighted by Crippen LogP contribution is -2.03. The number of halogens is 1. The van der Waals surface area contributed by atoms with Crippen molar-refractivity contribution in [2.75, 3.05) is 5.43 Å². The van der Waals surface area contributed by atoms with Gasteiger partial charge in [-0.25, -0.2) is 5.43 Å². The number of para-hydroxylation sites is 1. The molecule has 4 aromatic rings. The van der Waals surface area contributed by atoms with Gasteiger partial charge in [-0.15, -0.1) is 10.2 Å². The summed E-state index contributed by atoms with van der Waals surface area (Å²) in [7, 11) is 0. The number of nitrogens with zero attached hydrogens (tertiary/aromatic N) is 5. The van der Waals surface area contributed by atoms with E-state index in [-0.39, 0.29) is 0 Å². The molecule has 0 saturated heterocycles. The molecule has 0 atom stereocenters. The van der Waals surface area contributed by atoms with Gasteiger partial charge in [-0.05, 0) is 30.2 Å². The number of fused-ring (bicyclic) bond motifs is 3. The van der Waals surface area contributed by atoms with Gasteiger partial charge in [0, 0.05) is 17.0 Å². The monoisotopic (exact) mass is 378 g/mol. The van der Waals surface area contributed by atoms with E-state index in [2.05, 4.69) is 49.3 Å². The van der Waals surface area contributed by atoms with E-state index in [0.717, 1.165) is 47.0 Å². The molecule has 0 bridgehead atoms. The molecule has 0 unspecified atom stereocenters. The van der Waals surface area contributed by atoms with E-state index >= 15 is 0 Å². The molecule has 0 aliphatic rings. The van der Waals surface area contributed by atoms with E-state index in [0.29, 0.717) is 11.0 Å². The van der Waals surface area contributed by atoms with Crippen molar-refractivity contribution in [3.05, 3.63) is 59.1 Å². The lowest BCUT2D eigenvalue weighted by Gasteiger charge is -2.05. The van der Waals surface area contributed by atoms with Crippen LogP contribution in [0.5, 0.6) is 0 Å². The van der Waals surface area contributed by atoms with Crippen molar-refractivity contribution in [3.8, 4) is 0 Å². The number of anilines is 1. The van der Waals surface area contributed by atoms with Crippen molar-refractivity contribution < 1.29 is 0 Å². The molecule has 1 N–H and O–H groups in total. The first-order valence-corrected chi connectivity index (χ1v) is 9.30. The van der Waals surface area contributed by atoms with Gasteiger partial charge in [0.25, 0.3) is 5.95 Å². The molecule has 2 aromatic carbocycles. The number of aromatic nitrogens is 4. The average Bonchev–Trinajstić information content (AvgIpc) is 2.99. The van der Waals surface area contributed by atoms with E-state index < -0.39 is 0 Å². The number of hydrogen-bond donors (Lipinski definition) is 1. The van der Waals surface area contributed by atoms with Crippen molar-refractivity contribution in [1.82, 2.24) is 19.7 Å². The van der Waals surface area contributed by atoms with Crippen LogP contribution in [-0.4, -0.2) is 26.0 Å². The van der Waals surface area contributed by atoms with Crippen LogP contribution in [0.3, 0.4) is 0 Å². The fraction of sp³-hybridized carbons (Fsp3) is 0.200. The minimum absolute atomic E-state index is 0.362. The van der Waals surface area contributed by atoms with E-state index in [1.807, 2.05) is 36.4 Å². The van der Waals surface area contributed by atoms with Gasteiger partial charge in [0.15, 0.2) is 5.65 Å². The van der Waals surface area contributed by atoms with Gasteiger partial charge >= 0.3 is 0 Å². The highest BCUT2D eigenvalue weighted by atomic mass is 35.5. The topological polar surface area (TPSA) is 68.0 Å². The van der Waals surface area contributed by atoms with Gasteiger partial charge in [0.05, 0.1) is 11.7 Å². The molecule has 7 heteroatoms. The predicted molar refractivity (Wildman–Crippen MR) is 110 cm³/mol. The molecule has 0 amide bonds. The summed E-state index contributed by atoms with van der Waals surface area (Å²) in [6.07, 6.45) is 3.86. The third-order valence-electron chi connectivity index (χ3n) is 4.34. The molecular weight excluding hydrogens is 360 g/mol. The fourth-order valence-corrected chi connectivity index (χ4v) is 3.24. The van der Waals surface area contributed by atoms with Gasteiger partial charge in [-0.1, -0.05) is 55.3 Å². The molecule has 0 aliphatic heterocycles. The SMILES string of the molecule is CCCCn1c2ccccc2c2nnc(N/N=C/c3cccc(Cl)c3)nc21. The van der Waals surface area contributed by atoms with E-state index in [4.69, 9.17) is 11.6 Å². The molecule has 0 saturated carbocycles. The molecule has 4 rings (SSSR count). The number of nitrogens with one attached hydrogen (secondary N) is 1.